The van der Waals surface area contributed by atoms with Crippen LogP contribution < -0.4 is 4.74 Å². The zero-order valence-electron chi connectivity index (χ0n) is 14.8. The van der Waals surface area contributed by atoms with Gasteiger partial charge in [-0.1, -0.05) is 24.3 Å². The second-order valence-corrected chi connectivity index (χ2v) is 6.66. The van der Waals surface area contributed by atoms with E-state index < -0.39 is 5.97 Å². The van der Waals surface area contributed by atoms with Gasteiger partial charge >= 0.3 is 5.97 Å². The fourth-order valence-corrected chi connectivity index (χ4v) is 2.92. The summed E-state index contributed by atoms with van der Waals surface area (Å²) >= 11 is 0.894. The van der Waals surface area contributed by atoms with Crippen molar-refractivity contribution < 1.29 is 19.1 Å². The lowest BCUT2D eigenvalue weighted by molar-refractivity contribution is -0.131. The molecule has 0 saturated heterocycles. The van der Waals surface area contributed by atoms with Gasteiger partial charge in [-0.2, -0.15) is 5.26 Å². The van der Waals surface area contributed by atoms with Crippen molar-refractivity contribution in [3.8, 4) is 11.8 Å². The lowest BCUT2D eigenvalue weighted by Gasteiger charge is -2.07. The molecule has 0 bridgehead atoms. The molecule has 0 fully saturated rings. The van der Waals surface area contributed by atoms with Crippen LogP contribution in [0.5, 0.6) is 5.75 Å². The molecule has 7 nitrogen and oxygen atoms in total. The number of rotatable bonds is 7. The molecule has 2 aromatic carbocycles. The van der Waals surface area contributed by atoms with Crippen molar-refractivity contribution in [2.75, 3.05) is 0 Å². The first-order valence-electron chi connectivity index (χ1n) is 8.18. The van der Waals surface area contributed by atoms with Crippen molar-refractivity contribution in [1.29, 1.82) is 5.26 Å². The summed E-state index contributed by atoms with van der Waals surface area (Å²) in [7, 11) is 0. The highest BCUT2D eigenvalue weighted by Crippen LogP contribution is 2.28. The van der Waals surface area contributed by atoms with E-state index in [1.54, 1.807) is 43.3 Å². The molecule has 1 N–H and O–H groups in total. The zero-order valence-corrected chi connectivity index (χ0v) is 15.6. The summed E-state index contributed by atoms with van der Waals surface area (Å²) in [6, 6.07) is 16.3. The molecule has 0 radical (unpaired) electrons. The summed E-state index contributed by atoms with van der Waals surface area (Å²) in [4.78, 5) is 11.5. The number of hydrogen-bond acceptors (Lipinski definition) is 7. The van der Waals surface area contributed by atoms with E-state index in [9.17, 15) is 9.90 Å². The number of hydrogen-bond donors (Lipinski definition) is 1. The van der Waals surface area contributed by atoms with Crippen molar-refractivity contribution in [1.82, 2.24) is 10.2 Å². The van der Waals surface area contributed by atoms with Gasteiger partial charge in [-0.05, 0) is 53.2 Å². The molecule has 0 aliphatic rings. The average Bonchev–Trinajstić information content (AvgIpc) is 3.12. The van der Waals surface area contributed by atoms with Crippen LogP contribution in [0.25, 0.3) is 6.08 Å². The fraction of sp³-hybridized carbons (Fsp3) is 0.100. The normalized spacial score (nSPS) is 11.1. The standard InChI is InChI=1S/C20H15N3O4S/c1-13-22-23-20(27-13)28-18(19(24)25)10-14-6-8-17(9-7-14)26-12-16-4-2-15(11-21)3-5-16/h2-10H,12H2,1H3,(H,24,25)/b18-10-. The number of carbonyl (C=O) groups is 1. The molecule has 3 rings (SSSR count). The van der Waals surface area contributed by atoms with Gasteiger partial charge in [-0.3, -0.25) is 0 Å². The molecule has 3 aromatic rings. The Balaban J connectivity index is 1.65. The van der Waals surface area contributed by atoms with Gasteiger partial charge in [0, 0.05) is 6.92 Å². The van der Waals surface area contributed by atoms with E-state index in [4.69, 9.17) is 14.4 Å². The van der Waals surface area contributed by atoms with E-state index in [0.717, 1.165) is 17.3 Å². The van der Waals surface area contributed by atoms with Gasteiger partial charge in [-0.25, -0.2) is 4.79 Å². The molecular weight excluding hydrogens is 378 g/mol. The summed E-state index contributed by atoms with van der Waals surface area (Å²) < 4.78 is 10.9. The van der Waals surface area contributed by atoms with E-state index in [1.165, 1.54) is 6.08 Å². The fourth-order valence-electron chi connectivity index (χ4n) is 2.20. The third kappa shape index (κ3) is 5.22. The number of aliphatic carboxylic acids is 1. The molecule has 0 aliphatic carbocycles. The number of benzene rings is 2. The number of nitrogens with zero attached hydrogens (tertiary/aromatic N) is 3. The minimum atomic E-state index is -1.08. The van der Waals surface area contributed by atoms with Crippen molar-refractivity contribution in [3.05, 3.63) is 76.0 Å². The van der Waals surface area contributed by atoms with Gasteiger partial charge in [0.2, 0.25) is 5.89 Å². The molecule has 0 atom stereocenters. The largest absolute Gasteiger partial charge is 0.489 e. The van der Waals surface area contributed by atoms with Crippen LogP contribution >= 0.6 is 11.8 Å². The maximum atomic E-state index is 11.5. The Labute approximate surface area is 165 Å². The van der Waals surface area contributed by atoms with Gasteiger partial charge in [0.05, 0.1) is 11.6 Å². The van der Waals surface area contributed by atoms with E-state index in [1.807, 2.05) is 12.1 Å². The predicted octanol–water partition coefficient (Wildman–Crippen LogP) is 4.05. The summed E-state index contributed by atoms with van der Waals surface area (Å²) in [5.74, 6) is -0.0587. The molecule has 0 aliphatic heterocycles. The Morgan fingerprint density at radius 1 is 1.21 bits per heavy atom. The zero-order chi connectivity index (χ0) is 19.9. The van der Waals surface area contributed by atoms with Crippen LogP contribution in [0.1, 0.15) is 22.6 Å². The van der Waals surface area contributed by atoms with Crippen LogP contribution in [-0.4, -0.2) is 21.3 Å². The topological polar surface area (TPSA) is 109 Å². The van der Waals surface area contributed by atoms with Crippen molar-refractivity contribution in [2.24, 2.45) is 0 Å². The monoisotopic (exact) mass is 393 g/mol. The lowest BCUT2D eigenvalue weighted by atomic mass is 10.1. The minimum Gasteiger partial charge on any atom is -0.489 e. The average molecular weight is 393 g/mol. The van der Waals surface area contributed by atoms with E-state index in [0.29, 0.717) is 29.4 Å². The van der Waals surface area contributed by atoms with Gasteiger partial charge in [-0.15, -0.1) is 10.2 Å². The third-order valence-corrected chi connectivity index (χ3v) is 4.43. The molecule has 0 amide bonds. The smallest absolute Gasteiger partial charge is 0.342 e. The molecule has 140 valence electrons. The van der Waals surface area contributed by atoms with Crippen molar-refractivity contribution in [3.63, 3.8) is 0 Å². The summed E-state index contributed by atoms with van der Waals surface area (Å²) in [6.45, 7) is 2.01. The Bertz CT molecular complexity index is 1030. The number of thioether (sulfide) groups is 1. The van der Waals surface area contributed by atoms with E-state index in [2.05, 4.69) is 16.3 Å². The third-order valence-electron chi connectivity index (χ3n) is 3.58. The Hall–Kier alpha value is -3.57. The molecule has 1 aromatic heterocycles. The first kappa shape index (κ1) is 19.2. The van der Waals surface area contributed by atoms with Crippen LogP contribution in [0.15, 0.2) is 63.1 Å². The Morgan fingerprint density at radius 3 is 2.50 bits per heavy atom. The number of aryl methyl sites for hydroxylation is 1. The number of aromatic nitrogens is 2. The van der Waals surface area contributed by atoms with Gasteiger partial charge in [0.1, 0.15) is 17.3 Å². The van der Waals surface area contributed by atoms with E-state index >= 15 is 0 Å². The SMILES string of the molecule is Cc1nnc(S/C(=C\c2ccc(OCc3ccc(C#N)cc3)cc2)C(=O)O)o1. The van der Waals surface area contributed by atoms with Crippen molar-refractivity contribution >= 4 is 23.8 Å². The van der Waals surface area contributed by atoms with Crippen LogP contribution in [0.3, 0.4) is 0 Å². The van der Waals surface area contributed by atoms with Crippen LogP contribution in [0.4, 0.5) is 0 Å². The lowest BCUT2D eigenvalue weighted by Crippen LogP contribution is -1.97. The highest BCUT2D eigenvalue weighted by Gasteiger charge is 2.14. The van der Waals surface area contributed by atoms with E-state index in [-0.39, 0.29) is 10.1 Å². The number of carboxylic acids is 1. The molecular formula is C20H15N3O4S. The highest BCUT2D eigenvalue weighted by atomic mass is 32.2. The molecule has 28 heavy (non-hydrogen) atoms. The minimum absolute atomic E-state index is 0.0647. The number of carboxylic acid groups (broad SMARTS) is 1. The van der Waals surface area contributed by atoms with Crippen LogP contribution in [0.2, 0.25) is 0 Å². The molecule has 0 saturated carbocycles. The van der Waals surface area contributed by atoms with Gasteiger partial charge < -0.3 is 14.3 Å². The number of ether oxygens (including phenoxy) is 1. The quantitative estimate of drug-likeness (QED) is 0.473. The maximum Gasteiger partial charge on any atom is 0.342 e. The molecule has 0 unspecified atom stereocenters. The molecule has 8 heteroatoms. The second kappa shape index (κ2) is 8.88. The Morgan fingerprint density at radius 2 is 1.93 bits per heavy atom. The first-order chi connectivity index (χ1) is 13.5. The van der Waals surface area contributed by atoms with Gasteiger partial charge in [0.25, 0.3) is 5.22 Å². The number of nitriles is 1. The second-order valence-electron chi connectivity index (χ2n) is 5.67. The van der Waals surface area contributed by atoms with Crippen molar-refractivity contribution in [2.45, 2.75) is 18.8 Å². The first-order valence-corrected chi connectivity index (χ1v) is 9.00. The molecule has 1 heterocycles. The summed E-state index contributed by atoms with van der Waals surface area (Å²) in [6.07, 6.45) is 1.52. The summed E-state index contributed by atoms with van der Waals surface area (Å²) in [5.41, 5.74) is 2.25. The Kier molecular flexibility index (Phi) is 6.09. The van der Waals surface area contributed by atoms with Crippen LogP contribution in [-0.2, 0) is 11.4 Å². The molecule has 0 spiro atoms. The summed E-state index contributed by atoms with van der Waals surface area (Å²) in [5, 5.41) is 25.8. The maximum absolute atomic E-state index is 11.5. The highest BCUT2D eigenvalue weighted by molar-refractivity contribution is 8.03. The van der Waals surface area contributed by atoms with Gasteiger partial charge in [0.15, 0.2) is 0 Å². The van der Waals surface area contributed by atoms with Crippen LogP contribution in [0, 0.1) is 18.3 Å². The predicted molar refractivity (Wildman–Crippen MR) is 102 cm³/mol.